The van der Waals surface area contributed by atoms with Gasteiger partial charge in [0.2, 0.25) is 5.91 Å². The first kappa shape index (κ1) is 21.0. The minimum atomic E-state index is -3.62. The summed E-state index contributed by atoms with van der Waals surface area (Å²) in [5, 5.41) is 1.52. The first-order valence-corrected chi connectivity index (χ1v) is 12.3. The Labute approximate surface area is 171 Å². The molecule has 5 nitrogen and oxygen atoms in total. The molecule has 1 saturated heterocycles. The molecule has 2 heterocycles. The predicted octanol–water partition coefficient (Wildman–Crippen LogP) is 3.93. The van der Waals surface area contributed by atoms with Gasteiger partial charge in [0, 0.05) is 24.0 Å². The number of hydrogen-bond donors (Lipinski definition) is 0. The van der Waals surface area contributed by atoms with Gasteiger partial charge in [0.15, 0.2) is 9.84 Å². The highest BCUT2D eigenvalue weighted by Gasteiger charge is 2.35. The van der Waals surface area contributed by atoms with Gasteiger partial charge in [-0.05, 0) is 32.1 Å². The molecular weight excluding hydrogens is 392 g/mol. The highest BCUT2D eigenvalue weighted by Crippen LogP contribution is 2.26. The lowest BCUT2D eigenvalue weighted by molar-refractivity contribution is -0.133. The van der Waals surface area contributed by atoms with Crippen molar-refractivity contribution in [1.29, 1.82) is 0 Å². The Morgan fingerprint density at radius 2 is 1.82 bits per heavy atom. The lowest BCUT2D eigenvalue weighted by Gasteiger charge is -2.36. The number of carbonyl (C=O) groups excluding carboxylic acids is 1. The summed E-state index contributed by atoms with van der Waals surface area (Å²) in [6.45, 7) is 9.02. The van der Waals surface area contributed by atoms with Crippen molar-refractivity contribution >= 4 is 27.1 Å². The molecule has 1 aromatic heterocycles. The molecule has 3 rings (SSSR count). The van der Waals surface area contributed by atoms with Crippen molar-refractivity contribution in [2.75, 3.05) is 13.1 Å². The zero-order chi connectivity index (χ0) is 20.5. The summed E-state index contributed by atoms with van der Waals surface area (Å²) < 4.78 is 25.7. The van der Waals surface area contributed by atoms with Crippen LogP contribution in [0.3, 0.4) is 0 Å². The number of piperidine rings is 1. The summed E-state index contributed by atoms with van der Waals surface area (Å²) in [5.74, 6) is 0.310. The van der Waals surface area contributed by atoms with Gasteiger partial charge in [-0.15, -0.1) is 11.3 Å². The van der Waals surface area contributed by atoms with Gasteiger partial charge in [0.05, 0.1) is 11.4 Å². The normalized spacial score (nSPS) is 21.5. The molecule has 1 amide bonds. The van der Waals surface area contributed by atoms with Crippen molar-refractivity contribution in [2.45, 2.75) is 45.1 Å². The second kappa shape index (κ2) is 8.33. The lowest BCUT2D eigenvalue weighted by Crippen LogP contribution is -2.48. The highest BCUT2D eigenvalue weighted by molar-refractivity contribution is 7.92. The molecule has 0 saturated carbocycles. The Bertz CT molecular complexity index is 925. The van der Waals surface area contributed by atoms with Gasteiger partial charge in [-0.1, -0.05) is 43.7 Å². The number of nitrogens with zero attached hydrogens (tertiary/aromatic N) is 2. The van der Waals surface area contributed by atoms with Crippen molar-refractivity contribution < 1.29 is 13.2 Å². The number of benzene rings is 1. The van der Waals surface area contributed by atoms with E-state index in [2.05, 4.69) is 18.8 Å². The molecule has 1 aliphatic heterocycles. The molecule has 3 atom stereocenters. The monoisotopic (exact) mass is 420 g/mol. The minimum absolute atomic E-state index is 0.207. The Hall–Kier alpha value is -1.73. The molecule has 152 valence electrons. The molecule has 7 heteroatoms. The van der Waals surface area contributed by atoms with E-state index in [1.807, 2.05) is 31.2 Å². The largest absolute Gasteiger partial charge is 0.341 e. The van der Waals surface area contributed by atoms with Crippen LogP contribution < -0.4 is 0 Å². The van der Waals surface area contributed by atoms with Gasteiger partial charge in [-0.2, -0.15) is 0 Å². The van der Waals surface area contributed by atoms with Crippen LogP contribution in [-0.4, -0.2) is 42.5 Å². The van der Waals surface area contributed by atoms with Crippen LogP contribution in [0.4, 0.5) is 0 Å². The summed E-state index contributed by atoms with van der Waals surface area (Å²) in [6.07, 6.45) is 1.07. The molecule has 0 spiro atoms. The second-order valence-corrected chi connectivity index (χ2v) is 11.3. The maximum Gasteiger partial charge on any atom is 0.240 e. The number of rotatable bonds is 5. The second-order valence-electron chi connectivity index (χ2n) is 8.15. The van der Waals surface area contributed by atoms with E-state index in [-0.39, 0.29) is 11.7 Å². The maximum absolute atomic E-state index is 12.9. The van der Waals surface area contributed by atoms with Crippen LogP contribution >= 0.6 is 11.3 Å². The summed E-state index contributed by atoms with van der Waals surface area (Å²) in [6, 6.07) is 7.98. The van der Waals surface area contributed by atoms with E-state index in [1.165, 1.54) is 18.3 Å². The molecule has 1 aliphatic rings. The molecular formula is C21H28N2O3S2. The van der Waals surface area contributed by atoms with E-state index in [4.69, 9.17) is 0 Å². The third kappa shape index (κ3) is 4.81. The van der Waals surface area contributed by atoms with Gasteiger partial charge >= 0.3 is 0 Å². The number of hydrogen-bond acceptors (Lipinski definition) is 5. The van der Waals surface area contributed by atoms with Gasteiger partial charge in [-0.3, -0.25) is 4.79 Å². The lowest BCUT2D eigenvalue weighted by atomic mass is 9.92. The Morgan fingerprint density at radius 1 is 1.21 bits per heavy atom. The zero-order valence-electron chi connectivity index (χ0n) is 16.9. The number of thiazole rings is 1. The third-order valence-electron chi connectivity index (χ3n) is 5.27. The SMILES string of the molecule is Cc1ccc(-c2nc(CS(=O)(=O)C(C)C(=O)N3CC(C)CC(C)C3)cs2)cc1. The van der Waals surface area contributed by atoms with E-state index in [0.717, 1.165) is 22.6 Å². The fourth-order valence-electron chi connectivity index (χ4n) is 3.79. The average molecular weight is 421 g/mol. The quantitative estimate of drug-likeness (QED) is 0.735. The van der Waals surface area contributed by atoms with E-state index in [1.54, 1.807) is 10.3 Å². The fraction of sp³-hybridized carbons (Fsp3) is 0.524. The highest BCUT2D eigenvalue weighted by atomic mass is 32.2. The van der Waals surface area contributed by atoms with Gasteiger partial charge in [-0.25, -0.2) is 13.4 Å². The molecule has 0 bridgehead atoms. The van der Waals surface area contributed by atoms with Crippen molar-refractivity contribution in [2.24, 2.45) is 11.8 Å². The summed E-state index contributed by atoms with van der Waals surface area (Å²) in [7, 11) is -3.62. The first-order chi connectivity index (χ1) is 13.2. The number of aromatic nitrogens is 1. The van der Waals surface area contributed by atoms with E-state index in [0.29, 0.717) is 30.6 Å². The molecule has 1 aromatic carbocycles. The topological polar surface area (TPSA) is 67.3 Å². The molecule has 0 radical (unpaired) electrons. The number of aryl methyl sites for hydroxylation is 1. The van der Waals surface area contributed by atoms with Crippen LogP contribution in [0.5, 0.6) is 0 Å². The number of carbonyl (C=O) groups is 1. The number of likely N-dealkylation sites (tertiary alicyclic amines) is 1. The van der Waals surface area contributed by atoms with E-state index < -0.39 is 15.1 Å². The van der Waals surface area contributed by atoms with Crippen LogP contribution in [0.2, 0.25) is 0 Å². The van der Waals surface area contributed by atoms with E-state index in [9.17, 15) is 13.2 Å². The molecule has 3 unspecified atom stereocenters. The summed E-state index contributed by atoms with van der Waals surface area (Å²) >= 11 is 1.43. The van der Waals surface area contributed by atoms with Gasteiger partial charge in [0.25, 0.3) is 0 Å². The first-order valence-electron chi connectivity index (χ1n) is 9.67. The van der Waals surface area contributed by atoms with Crippen molar-refractivity contribution in [3.63, 3.8) is 0 Å². The Balaban J connectivity index is 1.71. The van der Waals surface area contributed by atoms with Crippen LogP contribution in [-0.2, 0) is 20.4 Å². The third-order valence-corrected chi connectivity index (χ3v) is 8.18. The van der Waals surface area contributed by atoms with Crippen molar-refractivity contribution in [3.05, 3.63) is 40.9 Å². The smallest absolute Gasteiger partial charge is 0.240 e. The van der Waals surface area contributed by atoms with Crippen LogP contribution in [0.1, 0.15) is 38.4 Å². The van der Waals surface area contributed by atoms with Crippen molar-refractivity contribution in [1.82, 2.24) is 9.88 Å². The fourth-order valence-corrected chi connectivity index (χ4v) is 5.98. The van der Waals surface area contributed by atoms with E-state index >= 15 is 0 Å². The number of amides is 1. The zero-order valence-corrected chi connectivity index (χ0v) is 18.5. The standard InChI is InChI=1S/C21H28N2O3S2/c1-14-5-7-18(8-6-14)20-22-19(12-27-20)13-28(25,26)17(4)21(24)23-10-15(2)9-16(3)11-23/h5-8,12,15-17H,9-11,13H2,1-4H3. The van der Waals surface area contributed by atoms with Crippen LogP contribution in [0.15, 0.2) is 29.6 Å². The predicted molar refractivity (Wildman–Crippen MR) is 114 cm³/mol. The summed E-state index contributed by atoms with van der Waals surface area (Å²) in [5.41, 5.74) is 2.64. The number of sulfone groups is 1. The minimum Gasteiger partial charge on any atom is -0.341 e. The Kier molecular flexibility index (Phi) is 6.25. The molecule has 2 aromatic rings. The molecule has 28 heavy (non-hydrogen) atoms. The maximum atomic E-state index is 12.9. The molecule has 0 N–H and O–H groups in total. The Morgan fingerprint density at radius 3 is 2.43 bits per heavy atom. The van der Waals surface area contributed by atoms with Crippen molar-refractivity contribution in [3.8, 4) is 10.6 Å². The van der Waals surface area contributed by atoms with Crippen LogP contribution in [0.25, 0.3) is 10.6 Å². The van der Waals surface area contributed by atoms with Crippen LogP contribution in [0, 0.1) is 18.8 Å². The molecule has 1 fully saturated rings. The molecule has 0 aliphatic carbocycles. The van der Waals surface area contributed by atoms with Gasteiger partial charge < -0.3 is 4.90 Å². The van der Waals surface area contributed by atoms with Gasteiger partial charge in [0.1, 0.15) is 10.3 Å². The average Bonchev–Trinajstić information content (AvgIpc) is 3.08. The summed E-state index contributed by atoms with van der Waals surface area (Å²) in [4.78, 5) is 19.0.